The van der Waals surface area contributed by atoms with Crippen LogP contribution >= 0.6 is 0 Å². The van der Waals surface area contributed by atoms with Gasteiger partial charge < -0.3 is 14.8 Å². The highest BCUT2D eigenvalue weighted by Crippen LogP contribution is 2.10. The summed E-state index contributed by atoms with van der Waals surface area (Å²) in [4.78, 5) is 15.5. The van der Waals surface area contributed by atoms with E-state index in [1.165, 1.54) is 0 Å². The summed E-state index contributed by atoms with van der Waals surface area (Å²) in [5.41, 5.74) is 0. The van der Waals surface area contributed by atoms with Gasteiger partial charge in [0.1, 0.15) is 5.75 Å². The molecule has 2 heterocycles. The van der Waals surface area contributed by atoms with Crippen LogP contribution in [-0.2, 0) is 9.53 Å². The summed E-state index contributed by atoms with van der Waals surface area (Å²) in [7, 11) is 0. The zero-order valence-electron chi connectivity index (χ0n) is 11.0. The maximum Gasteiger partial charge on any atom is 0.220 e. The molecular formula is C14H20N2O3. The van der Waals surface area contributed by atoms with Crippen molar-refractivity contribution in [2.45, 2.75) is 31.8 Å². The Morgan fingerprint density at radius 1 is 1.58 bits per heavy atom. The molecule has 5 heteroatoms. The summed E-state index contributed by atoms with van der Waals surface area (Å²) in [6.07, 6.45) is 6.89. The van der Waals surface area contributed by atoms with Crippen molar-refractivity contribution in [2.24, 2.45) is 0 Å². The number of hydrogen-bond acceptors (Lipinski definition) is 4. The quantitative estimate of drug-likeness (QED) is 0.759. The first kappa shape index (κ1) is 13.8. The molecule has 1 unspecified atom stereocenters. The van der Waals surface area contributed by atoms with Crippen molar-refractivity contribution < 1.29 is 14.3 Å². The van der Waals surface area contributed by atoms with Gasteiger partial charge in [-0.3, -0.25) is 9.78 Å². The molecule has 2 rings (SSSR count). The van der Waals surface area contributed by atoms with E-state index in [9.17, 15) is 4.79 Å². The van der Waals surface area contributed by atoms with Crippen molar-refractivity contribution in [1.29, 1.82) is 0 Å². The third-order valence-corrected chi connectivity index (χ3v) is 3.00. The van der Waals surface area contributed by atoms with Crippen LogP contribution in [0.25, 0.3) is 0 Å². The van der Waals surface area contributed by atoms with Crippen LogP contribution in [0.1, 0.15) is 25.7 Å². The lowest BCUT2D eigenvalue weighted by molar-refractivity contribution is -0.121. The largest absolute Gasteiger partial charge is 0.492 e. The minimum absolute atomic E-state index is 0.0605. The summed E-state index contributed by atoms with van der Waals surface area (Å²) in [5.74, 6) is 0.799. The number of aromatic nitrogens is 1. The molecule has 5 nitrogen and oxygen atoms in total. The van der Waals surface area contributed by atoms with E-state index < -0.39 is 0 Å². The van der Waals surface area contributed by atoms with E-state index >= 15 is 0 Å². The Balaban J connectivity index is 1.51. The van der Waals surface area contributed by atoms with Gasteiger partial charge in [-0.25, -0.2) is 0 Å². The third kappa shape index (κ3) is 5.26. The predicted molar refractivity (Wildman–Crippen MR) is 70.9 cm³/mol. The van der Waals surface area contributed by atoms with Crippen LogP contribution in [0.15, 0.2) is 24.5 Å². The number of nitrogens with zero attached hydrogens (tertiary/aromatic N) is 1. The van der Waals surface area contributed by atoms with Crippen LogP contribution in [0.2, 0.25) is 0 Å². The van der Waals surface area contributed by atoms with Crippen LogP contribution in [0.3, 0.4) is 0 Å². The summed E-state index contributed by atoms with van der Waals surface area (Å²) in [5, 5.41) is 2.89. The molecule has 1 fully saturated rings. The second-order valence-electron chi connectivity index (χ2n) is 4.58. The van der Waals surface area contributed by atoms with Crippen molar-refractivity contribution in [3.8, 4) is 5.75 Å². The zero-order valence-corrected chi connectivity index (χ0v) is 11.0. The monoisotopic (exact) mass is 264 g/mol. The Kier molecular flexibility index (Phi) is 5.62. The molecule has 0 aromatic carbocycles. The molecule has 0 aliphatic carbocycles. The van der Waals surface area contributed by atoms with E-state index in [1.54, 1.807) is 12.4 Å². The van der Waals surface area contributed by atoms with Gasteiger partial charge in [0.25, 0.3) is 0 Å². The van der Waals surface area contributed by atoms with Crippen molar-refractivity contribution >= 4 is 5.91 Å². The standard InChI is InChI=1S/C14H20N2O3/c17-14(16-11-13-5-2-8-19-13)6-3-9-18-12-4-1-7-15-10-12/h1,4,7,10,13H,2-3,5-6,8-9,11H2,(H,16,17). The number of carbonyl (C=O) groups excluding carboxylic acids is 1. The molecule has 0 saturated carbocycles. The van der Waals surface area contributed by atoms with Gasteiger partial charge >= 0.3 is 0 Å². The van der Waals surface area contributed by atoms with Crippen LogP contribution < -0.4 is 10.1 Å². The lowest BCUT2D eigenvalue weighted by Crippen LogP contribution is -2.31. The first-order valence-corrected chi connectivity index (χ1v) is 6.76. The Labute approximate surface area is 113 Å². The van der Waals surface area contributed by atoms with Gasteiger partial charge in [0.15, 0.2) is 0 Å². The molecule has 0 radical (unpaired) electrons. The van der Waals surface area contributed by atoms with E-state index in [2.05, 4.69) is 10.3 Å². The molecule has 19 heavy (non-hydrogen) atoms. The molecule has 1 aliphatic rings. The van der Waals surface area contributed by atoms with Gasteiger partial charge in [-0.15, -0.1) is 0 Å². The normalized spacial score (nSPS) is 18.2. The number of nitrogens with one attached hydrogen (secondary N) is 1. The van der Waals surface area contributed by atoms with Crippen LogP contribution in [0.5, 0.6) is 5.75 Å². The molecule has 1 N–H and O–H groups in total. The van der Waals surface area contributed by atoms with Gasteiger partial charge in [-0.1, -0.05) is 0 Å². The molecule has 1 saturated heterocycles. The number of hydrogen-bond donors (Lipinski definition) is 1. The highest BCUT2D eigenvalue weighted by molar-refractivity contribution is 5.75. The fourth-order valence-electron chi connectivity index (χ4n) is 1.98. The summed E-state index contributed by atoms with van der Waals surface area (Å²) >= 11 is 0. The number of ether oxygens (including phenoxy) is 2. The van der Waals surface area contributed by atoms with E-state index in [1.807, 2.05) is 12.1 Å². The zero-order chi connectivity index (χ0) is 13.3. The average Bonchev–Trinajstić information content (AvgIpc) is 2.96. The SMILES string of the molecule is O=C(CCCOc1cccnc1)NCC1CCCO1. The molecule has 1 aliphatic heterocycles. The first-order valence-electron chi connectivity index (χ1n) is 6.76. The van der Waals surface area contributed by atoms with Gasteiger partial charge in [-0.05, 0) is 31.4 Å². The molecule has 1 atom stereocenters. The second-order valence-corrected chi connectivity index (χ2v) is 4.58. The van der Waals surface area contributed by atoms with Gasteiger partial charge in [0, 0.05) is 25.8 Å². The highest BCUT2D eigenvalue weighted by Gasteiger charge is 2.15. The lowest BCUT2D eigenvalue weighted by Gasteiger charge is -2.10. The molecule has 1 aromatic heterocycles. The third-order valence-electron chi connectivity index (χ3n) is 3.00. The minimum atomic E-state index is 0.0605. The number of rotatable bonds is 7. The van der Waals surface area contributed by atoms with E-state index in [0.29, 0.717) is 26.0 Å². The fourth-order valence-corrected chi connectivity index (χ4v) is 1.98. The van der Waals surface area contributed by atoms with E-state index in [-0.39, 0.29) is 12.0 Å². The summed E-state index contributed by atoms with van der Waals surface area (Å²) in [6.45, 7) is 1.97. The molecule has 0 bridgehead atoms. The summed E-state index contributed by atoms with van der Waals surface area (Å²) < 4.78 is 10.9. The van der Waals surface area contributed by atoms with Gasteiger partial charge in [-0.2, -0.15) is 0 Å². The van der Waals surface area contributed by atoms with Crippen molar-refractivity contribution in [1.82, 2.24) is 10.3 Å². The molecule has 0 spiro atoms. The number of pyridine rings is 1. The van der Waals surface area contributed by atoms with Crippen molar-refractivity contribution in [3.63, 3.8) is 0 Å². The Morgan fingerprint density at radius 2 is 2.53 bits per heavy atom. The van der Waals surface area contributed by atoms with Crippen molar-refractivity contribution in [3.05, 3.63) is 24.5 Å². The Bertz CT molecular complexity index is 378. The highest BCUT2D eigenvalue weighted by atomic mass is 16.5. The molecule has 104 valence electrons. The number of amides is 1. The fraction of sp³-hybridized carbons (Fsp3) is 0.571. The van der Waals surface area contributed by atoms with E-state index in [0.717, 1.165) is 25.2 Å². The maximum absolute atomic E-state index is 11.6. The van der Waals surface area contributed by atoms with Gasteiger partial charge in [0.2, 0.25) is 5.91 Å². The van der Waals surface area contributed by atoms with Crippen LogP contribution in [0, 0.1) is 0 Å². The smallest absolute Gasteiger partial charge is 0.220 e. The van der Waals surface area contributed by atoms with Crippen LogP contribution in [0.4, 0.5) is 0 Å². The van der Waals surface area contributed by atoms with E-state index in [4.69, 9.17) is 9.47 Å². The Hall–Kier alpha value is -1.62. The predicted octanol–water partition coefficient (Wildman–Crippen LogP) is 1.54. The van der Waals surface area contributed by atoms with Crippen LogP contribution in [-0.4, -0.2) is 36.8 Å². The lowest BCUT2D eigenvalue weighted by atomic mass is 10.2. The second kappa shape index (κ2) is 7.74. The maximum atomic E-state index is 11.6. The number of carbonyl (C=O) groups is 1. The molecule has 1 amide bonds. The molecular weight excluding hydrogens is 244 g/mol. The summed E-state index contributed by atoms with van der Waals surface area (Å²) in [6, 6.07) is 3.67. The van der Waals surface area contributed by atoms with Crippen molar-refractivity contribution in [2.75, 3.05) is 19.8 Å². The topological polar surface area (TPSA) is 60.5 Å². The minimum Gasteiger partial charge on any atom is -0.492 e. The average molecular weight is 264 g/mol. The van der Waals surface area contributed by atoms with Gasteiger partial charge in [0.05, 0.1) is 18.9 Å². The Morgan fingerprint density at radius 3 is 3.26 bits per heavy atom. The molecule has 1 aromatic rings. The first-order chi connectivity index (χ1) is 9.34.